The third-order valence-corrected chi connectivity index (χ3v) is 3.44. The van der Waals surface area contributed by atoms with Gasteiger partial charge in [0.05, 0.1) is 0 Å². The molecule has 1 atom stereocenters. The van der Waals surface area contributed by atoms with E-state index < -0.39 is 0 Å². The van der Waals surface area contributed by atoms with Crippen LogP contribution in [-0.2, 0) is 6.42 Å². The third-order valence-electron chi connectivity index (χ3n) is 3.44. The highest BCUT2D eigenvalue weighted by atomic mass is 15.1. The monoisotopic (exact) mass is 235 g/mol. The summed E-state index contributed by atoms with van der Waals surface area (Å²) in [5.41, 5.74) is 7.49. The molecule has 3 heteroatoms. The van der Waals surface area contributed by atoms with Crippen LogP contribution in [0, 0.1) is 5.41 Å². The van der Waals surface area contributed by atoms with Gasteiger partial charge in [-0.1, -0.05) is 13.8 Å². The molecule has 0 amide bonds. The zero-order valence-corrected chi connectivity index (χ0v) is 11.5. The highest BCUT2D eigenvalue weighted by Crippen LogP contribution is 2.19. The molecule has 1 aromatic heterocycles. The topological polar surface area (TPSA) is 42.1 Å². The summed E-state index contributed by atoms with van der Waals surface area (Å²) >= 11 is 0. The summed E-state index contributed by atoms with van der Waals surface area (Å²) in [4.78, 5) is 6.38. The van der Waals surface area contributed by atoms with Gasteiger partial charge in [-0.3, -0.25) is 4.98 Å². The minimum atomic E-state index is 0.160. The molecule has 0 radical (unpaired) electrons. The van der Waals surface area contributed by atoms with E-state index in [9.17, 15) is 0 Å². The number of rotatable bonds is 6. The number of nitrogens with zero attached hydrogens (tertiary/aromatic N) is 2. The van der Waals surface area contributed by atoms with Crippen molar-refractivity contribution in [3.05, 3.63) is 30.1 Å². The largest absolute Gasteiger partial charge is 0.327 e. The quantitative estimate of drug-likeness (QED) is 0.819. The first-order chi connectivity index (χ1) is 7.92. The second kappa shape index (κ2) is 6.12. The SMILES string of the molecule is CC(N)C(C)(C)CN(C)CCc1ccncc1. The van der Waals surface area contributed by atoms with E-state index in [0.29, 0.717) is 0 Å². The number of nitrogens with two attached hydrogens (primary N) is 1. The van der Waals surface area contributed by atoms with Crippen LogP contribution >= 0.6 is 0 Å². The van der Waals surface area contributed by atoms with Crippen LogP contribution in [0.5, 0.6) is 0 Å². The van der Waals surface area contributed by atoms with Crippen LogP contribution in [0.1, 0.15) is 26.3 Å². The lowest BCUT2D eigenvalue weighted by atomic mass is 9.85. The average molecular weight is 235 g/mol. The Morgan fingerprint density at radius 2 is 1.94 bits per heavy atom. The van der Waals surface area contributed by atoms with Gasteiger partial charge in [0.1, 0.15) is 0 Å². The first kappa shape index (κ1) is 14.1. The molecule has 0 aliphatic heterocycles. The van der Waals surface area contributed by atoms with E-state index in [1.807, 2.05) is 12.4 Å². The molecule has 3 nitrogen and oxygen atoms in total. The third kappa shape index (κ3) is 4.84. The predicted molar refractivity (Wildman–Crippen MR) is 72.9 cm³/mol. The molecule has 0 saturated carbocycles. The van der Waals surface area contributed by atoms with Crippen molar-refractivity contribution in [2.24, 2.45) is 11.1 Å². The van der Waals surface area contributed by atoms with E-state index in [1.54, 1.807) is 0 Å². The van der Waals surface area contributed by atoms with Gasteiger partial charge in [-0.05, 0) is 43.5 Å². The standard InChI is InChI=1S/C14H25N3/c1-12(15)14(2,3)11-17(4)10-7-13-5-8-16-9-6-13/h5-6,8-9,12H,7,10-11,15H2,1-4H3. The Kier molecular flexibility index (Phi) is 5.09. The summed E-state index contributed by atoms with van der Waals surface area (Å²) in [5, 5.41) is 0. The smallest absolute Gasteiger partial charge is 0.0270 e. The molecule has 0 aliphatic carbocycles. The molecular formula is C14H25N3. The maximum absolute atomic E-state index is 5.99. The molecule has 0 bridgehead atoms. The Morgan fingerprint density at radius 3 is 2.47 bits per heavy atom. The maximum atomic E-state index is 5.99. The second-order valence-electron chi connectivity index (χ2n) is 5.62. The Hall–Kier alpha value is -0.930. The summed E-state index contributed by atoms with van der Waals surface area (Å²) < 4.78 is 0. The minimum absolute atomic E-state index is 0.160. The maximum Gasteiger partial charge on any atom is 0.0270 e. The van der Waals surface area contributed by atoms with Crippen molar-refractivity contribution in [2.75, 3.05) is 20.1 Å². The van der Waals surface area contributed by atoms with Gasteiger partial charge in [0.25, 0.3) is 0 Å². The Labute approximate surface area is 105 Å². The summed E-state index contributed by atoms with van der Waals surface area (Å²) in [6.45, 7) is 8.60. The average Bonchev–Trinajstić information content (AvgIpc) is 2.27. The number of likely N-dealkylation sites (N-methyl/N-ethyl adjacent to an activating group) is 1. The summed E-state index contributed by atoms with van der Waals surface area (Å²) in [6, 6.07) is 4.36. The van der Waals surface area contributed by atoms with Gasteiger partial charge in [-0.25, -0.2) is 0 Å². The molecule has 0 fully saturated rings. The molecule has 0 spiro atoms. The van der Waals surface area contributed by atoms with Crippen molar-refractivity contribution < 1.29 is 0 Å². The highest BCUT2D eigenvalue weighted by molar-refractivity contribution is 5.09. The summed E-state index contributed by atoms with van der Waals surface area (Å²) in [7, 11) is 2.16. The van der Waals surface area contributed by atoms with Gasteiger partial charge in [-0.15, -0.1) is 0 Å². The fourth-order valence-corrected chi connectivity index (χ4v) is 1.79. The fraction of sp³-hybridized carbons (Fsp3) is 0.643. The molecule has 2 N–H and O–H groups in total. The van der Waals surface area contributed by atoms with Gasteiger partial charge in [-0.2, -0.15) is 0 Å². The fourth-order valence-electron chi connectivity index (χ4n) is 1.79. The van der Waals surface area contributed by atoms with E-state index >= 15 is 0 Å². The van der Waals surface area contributed by atoms with Crippen molar-refractivity contribution in [3.63, 3.8) is 0 Å². The summed E-state index contributed by atoms with van der Waals surface area (Å²) in [5.74, 6) is 0. The van der Waals surface area contributed by atoms with E-state index in [4.69, 9.17) is 5.73 Å². The van der Waals surface area contributed by atoms with E-state index in [-0.39, 0.29) is 11.5 Å². The first-order valence-corrected chi connectivity index (χ1v) is 6.25. The number of hydrogen-bond acceptors (Lipinski definition) is 3. The molecule has 0 saturated heterocycles. The molecule has 1 unspecified atom stereocenters. The molecular weight excluding hydrogens is 210 g/mol. The predicted octanol–water partition coefficient (Wildman–Crippen LogP) is 1.93. The van der Waals surface area contributed by atoms with Crippen molar-refractivity contribution in [3.8, 4) is 0 Å². The Bertz CT molecular complexity index is 319. The Morgan fingerprint density at radius 1 is 1.35 bits per heavy atom. The van der Waals surface area contributed by atoms with Gasteiger partial charge in [0.15, 0.2) is 0 Å². The normalized spacial score (nSPS) is 14.0. The molecule has 1 rings (SSSR count). The van der Waals surface area contributed by atoms with Gasteiger partial charge in [0.2, 0.25) is 0 Å². The van der Waals surface area contributed by atoms with Crippen LogP contribution < -0.4 is 5.73 Å². The molecule has 0 aliphatic rings. The lowest BCUT2D eigenvalue weighted by Gasteiger charge is -2.33. The van der Waals surface area contributed by atoms with Crippen molar-refractivity contribution in [2.45, 2.75) is 33.2 Å². The molecule has 96 valence electrons. The first-order valence-electron chi connectivity index (χ1n) is 6.25. The van der Waals surface area contributed by atoms with Crippen LogP contribution in [0.15, 0.2) is 24.5 Å². The zero-order valence-electron chi connectivity index (χ0n) is 11.5. The van der Waals surface area contributed by atoms with Gasteiger partial charge >= 0.3 is 0 Å². The van der Waals surface area contributed by atoms with Crippen LogP contribution in [0.25, 0.3) is 0 Å². The van der Waals surface area contributed by atoms with Gasteiger partial charge in [0, 0.05) is 31.5 Å². The van der Waals surface area contributed by atoms with Crippen molar-refractivity contribution >= 4 is 0 Å². The molecule has 17 heavy (non-hydrogen) atoms. The minimum Gasteiger partial charge on any atom is -0.327 e. The lowest BCUT2D eigenvalue weighted by molar-refractivity contribution is 0.185. The van der Waals surface area contributed by atoms with Gasteiger partial charge < -0.3 is 10.6 Å². The van der Waals surface area contributed by atoms with Crippen LogP contribution in [-0.4, -0.2) is 36.1 Å². The Balaban J connectivity index is 2.38. The lowest BCUT2D eigenvalue weighted by Crippen LogP contribution is -2.43. The van der Waals surface area contributed by atoms with Crippen molar-refractivity contribution in [1.82, 2.24) is 9.88 Å². The van der Waals surface area contributed by atoms with Crippen LogP contribution in [0.3, 0.4) is 0 Å². The van der Waals surface area contributed by atoms with Crippen LogP contribution in [0.2, 0.25) is 0 Å². The van der Waals surface area contributed by atoms with E-state index in [1.165, 1.54) is 5.56 Å². The zero-order chi connectivity index (χ0) is 12.9. The highest BCUT2D eigenvalue weighted by Gasteiger charge is 2.24. The number of hydrogen-bond donors (Lipinski definition) is 1. The van der Waals surface area contributed by atoms with E-state index in [2.05, 4.69) is 49.8 Å². The summed E-state index contributed by atoms with van der Waals surface area (Å²) in [6.07, 6.45) is 4.76. The second-order valence-corrected chi connectivity index (χ2v) is 5.62. The molecule has 1 aromatic rings. The number of aromatic nitrogens is 1. The number of pyridine rings is 1. The van der Waals surface area contributed by atoms with Crippen LogP contribution in [0.4, 0.5) is 0 Å². The van der Waals surface area contributed by atoms with E-state index in [0.717, 1.165) is 19.5 Å². The molecule has 1 heterocycles. The molecule has 0 aromatic carbocycles. The van der Waals surface area contributed by atoms with Crippen molar-refractivity contribution in [1.29, 1.82) is 0 Å².